The Morgan fingerprint density at radius 1 is 1.04 bits per heavy atom. The molecule has 5 heteroatoms. The number of guanidine groups is 1. The molecule has 1 heterocycles. The van der Waals surface area contributed by atoms with E-state index in [1.54, 1.807) is 0 Å². The van der Waals surface area contributed by atoms with Gasteiger partial charge in [0, 0.05) is 17.6 Å². The summed E-state index contributed by atoms with van der Waals surface area (Å²) in [7, 11) is 0. The fraction of sp³-hybridized carbons (Fsp3) is 0.200. The first kappa shape index (κ1) is 16.8. The number of anilines is 2. The topological polar surface area (TPSA) is 75.3 Å². The molecule has 5 nitrogen and oxygen atoms in total. The Labute approximate surface area is 148 Å². The molecule has 1 aromatic heterocycles. The minimum atomic E-state index is 0.414. The molecule has 0 amide bonds. The van der Waals surface area contributed by atoms with Crippen molar-refractivity contribution in [3.8, 4) is 0 Å². The number of aromatic nitrogens is 1. The average molecular weight is 333 g/mol. The fourth-order valence-corrected chi connectivity index (χ4v) is 2.54. The number of pyridine rings is 1. The Balaban J connectivity index is 1.49. The van der Waals surface area contributed by atoms with Crippen molar-refractivity contribution in [2.24, 2.45) is 10.7 Å². The molecule has 0 saturated heterocycles. The van der Waals surface area contributed by atoms with Gasteiger partial charge in [-0.05, 0) is 42.3 Å². The molecule has 3 rings (SSSR count). The normalized spacial score (nSPS) is 11.5. The van der Waals surface area contributed by atoms with Crippen molar-refractivity contribution in [3.05, 3.63) is 66.2 Å². The van der Waals surface area contributed by atoms with Crippen LogP contribution in [0.2, 0.25) is 0 Å². The molecule has 0 aliphatic carbocycles. The van der Waals surface area contributed by atoms with E-state index in [0.717, 1.165) is 28.8 Å². The van der Waals surface area contributed by atoms with Gasteiger partial charge in [-0.25, -0.2) is 4.98 Å². The molecule has 0 atom stereocenters. The van der Waals surface area contributed by atoms with Gasteiger partial charge in [-0.2, -0.15) is 0 Å². The van der Waals surface area contributed by atoms with Crippen molar-refractivity contribution in [3.63, 3.8) is 0 Å². The number of fused-ring (bicyclic) bond motifs is 1. The van der Waals surface area contributed by atoms with E-state index in [1.165, 1.54) is 5.56 Å². The number of rotatable bonds is 6. The van der Waals surface area contributed by atoms with E-state index in [2.05, 4.69) is 51.8 Å². The second-order valence-electron chi connectivity index (χ2n) is 5.76. The summed E-state index contributed by atoms with van der Waals surface area (Å²) in [6.07, 6.45) is 1.03. The van der Waals surface area contributed by atoms with Gasteiger partial charge in [0.2, 0.25) is 0 Å². The predicted octanol–water partition coefficient (Wildman–Crippen LogP) is 3.64. The first-order chi connectivity index (χ1) is 12.2. The third-order valence-electron chi connectivity index (χ3n) is 3.93. The van der Waals surface area contributed by atoms with Gasteiger partial charge in [-0.1, -0.05) is 37.3 Å². The molecule has 0 fully saturated rings. The highest BCUT2D eigenvalue weighted by molar-refractivity contribution is 5.92. The van der Waals surface area contributed by atoms with Crippen molar-refractivity contribution < 1.29 is 0 Å². The maximum atomic E-state index is 5.93. The smallest absolute Gasteiger partial charge is 0.193 e. The van der Waals surface area contributed by atoms with Crippen LogP contribution in [0.4, 0.5) is 11.5 Å². The quantitative estimate of drug-likeness (QED) is 0.366. The van der Waals surface area contributed by atoms with E-state index in [4.69, 9.17) is 5.73 Å². The number of para-hydroxylation sites is 1. The number of nitrogens with zero attached hydrogens (tertiary/aromatic N) is 2. The molecule has 0 aliphatic rings. The minimum absolute atomic E-state index is 0.414. The lowest BCUT2D eigenvalue weighted by Gasteiger charge is -2.07. The Kier molecular flexibility index (Phi) is 5.46. The van der Waals surface area contributed by atoms with Crippen molar-refractivity contribution in [1.82, 2.24) is 4.98 Å². The fourth-order valence-electron chi connectivity index (χ4n) is 2.54. The lowest BCUT2D eigenvalue weighted by atomic mass is 10.1. The zero-order valence-electron chi connectivity index (χ0n) is 14.4. The average Bonchev–Trinajstić information content (AvgIpc) is 2.66. The van der Waals surface area contributed by atoms with Gasteiger partial charge in [0.15, 0.2) is 5.96 Å². The number of aliphatic imine (C=N–C) groups is 1. The van der Waals surface area contributed by atoms with E-state index < -0.39 is 0 Å². The van der Waals surface area contributed by atoms with Crippen molar-refractivity contribution in [2.75, 3.05) is 23.7 Å². The van der Waals surface area contributed by atoms with Gasteiger partial charge in [0.25, 0.3) is 0 Å². The van der Waals surface area contributed by atoms with Gasteiger partial charge < -0.3 is 16.4 Å². The Hall–Kier alpha value is -3.08. The molecule has 128 valence electrons. The summed E-state index contributed by atoms with van der Waals surface area (Å²) in [5, 5.41) is 7.50. The number of hydrogen-bond acceptors (Lipinski definition) is 3. The molecule has 0 spiro atoms. The Morgan fingerprint density at radius 3 is 2.64 bits per heavy atom. The largest absolute Gasteiger partial charge is 0.370 e. The molecule has 25 heavy (non-hydrogen) atoms. The van der Waals surface area contributed by atoms with Gasteiger partial charge in [0.1, 0.15) is 5.82 Å². The minimum Gasteiger partial charge on any atom is -0.370 e. The zero-order chi connectivity index (χ0) is 17.5. The highest BCUT2D eigenvalue weighted by atomic mass is 15.1. The van der Waals surface area contributed by atoms with Crippen LogP contribution in [0, 0.1) is 0 Å². The number of nitrogens with one attached hydrogen (secondary N) is 2. The lowest BCUT2D eigenvalue weighted by molar-refractivity contribution is 1.01. The molecule has 2 aromatic carbocycles. The van der Waals surface area contributed by atoms with Crippen LogP contribution in [0.15, 0.2) is 65.7 Å². The molecule has 3 aromatic rings. The summed E-state index contributed by atoms with van der Waals surface area (Å²) in [6.45, 7) is 3.37. The van der Waals surface area contributed by atoms with Crippen molar-refractivity contribution in [2.45, 2.75) is 13.3 Å². The van der Waals surface area contributed by atoms with Gasteiger partial charge >= 0.3 is 0 Å². The van der Waals surface area contributed by atoms with Crippen LogP contribution in [0.25, 0.3) is 10.9 Å². The lowest BCUT2D eigenvalue weighted by Crippen LogP contribution is -2.23. The van der Waals surface area contributed by atoms with Crippen LogP contribution in [-0.2, 0) is 6.42 Å². The van der Waals surface area contributed by atoms with Gasteiger partial charge in [-0.15, -0.1) is 0 Å². The third-order valence-corrected chi connectivity index (χ3v) is 3.93. The van der Waals surface area contributed by atoms with Crippen molar-refractivity contribution in [1.29, 1.82) is 0 Å². The number of hydrogen-bond donors (Lipinski definition) is 3. The second kappa shape index (κ2) is 8.15. The SMILES string of the molecule is CCc1ccc(NC(N)=NCCNc2ccc3ccccc3n2)cc1. The third kappa shape index (κ3) is 4.70. The van der Waals surface area contributed by atoms with Gasteiger partial charge in [-0.3, -0.25) is 4.99 Å². The molecule has 0 saturated carbocycles. The van der Waals surface area contributed by atoms with Crippen LogP contribution in [-0.4, -0.2) is 24.0 Å². The van der Waals surface area contributed by atoms with E-state index >= 15 is 0 Å². The summed E-state index contributed by atoms with van der Waals surface area (Å²) in [4.78, 5) is 8.90. The highest BCUT2D eigenvalue weighted by Crippen LogP contribution is 2.14. The zero-order valence-corrected chi connectivity index (χ0v) is 14.4. The molecule has 0 aliphatic heterocycles. The van der Waals surface area contributed by atoms with Crippen molar-refractivity contribution >= 4 is 28.4 Å². The standard InChI is InChI=1S/C20H23N5/c1-2-15-7-10-17(11-8-15)24-20(21)23-14-13-22-19-12-9-16-5-3-4-6-18(16)25-19/h3-12H,2,13-14H2,1H3,(H,22,25)(H3,21,23,24). The summed E-state index contributed by atoms with van der Waals surface area (Å²) in [6, 6.07) is 20.3. The Morgan fingerprint density at radius 2 is 1.84 bits per heavy atom. The molecule has 0 unspecified atom stereocenters. The highest BCUT2D eigenvalue weighted by Gasteiger charge is 1.98. The molecular formula is C20H23N5. The van der Waals surface area contributed by atoms with E-state index in [9.17, 15) is 0 Å². The Bertz CT molecular complexity index is 855. The summed E-state index contributed by atoms with van der Waals surface area (Å²) >= 11 is 0. The summed E-state index contributed by atoms with van der Waals surface area (Å²) in [5.74, 6) is 1.26. The summed E-state index contributed by atoms with van der Waals surface area (Å²) in [5.41, 5.74) is 9.15. The maximum absolute atomic E-state index is 5.93. The van der Waals surface area contributed by atoms with E-state index in [0.29, 0.717) is 19.0 Å². The van der Waals surface area contributed by atoms with Crippen LogP contribution in [0.5, 0.6) is 0 Å². The molecular weight excluding hydrogens is 310 g/mol. The van der Waals surface area contributed by atoms with Crippen LogP contribution in [0.1, 0.15) is 12.5 Å². The van der Waals surface area contributed by atoms with Gasteiger partial charge in [0.05, 0.1) is 12.1 Å². The van der Waals surface area contributed by atoms with Crippen LogP contribution in [0.3, 0.4) is 0 Å². The molecule has 0 radical (unpaired) electrons. The number of nitrogens with two attached hydrogens (primary N) is 1. The first-order valence-corrected chi connectivity index (χ1v) is 8.50. The van der Waals surface area contributed by atoms with Crippen LogP contribution >= 0.6 is 0 Å². The van der Waals surface area contributed by atoms with E-state index in [1.807, 2.05) is 36.4 Å². The number of benzene rings is 2. The summed E-state index contributed by atoms with van der Waals surface area (Å²) < 4.78 is 0. The number of aryl methyl sites for hydroxylation is 1. The molecule has 0 bridgehead atoms. The predicted molar refractivity (Wildman–Crippen MR) is 106 cm³/mol. The molecule has 4 N–H and O–H groups in total. The second-order valence-corrected chi connectivity index (χ2v) is 5.76. The maximum Gasteiger partial charge on any atom is 0.193 e. The van der Waals surface area contributed by atoms with E-state index in [-0.39, 0.29) is 0 Å². The monoisotopic (exact) mass is 333 g/mol. The van der Waals surface area contributed by atoms with Crippen LogP contribution < -0.4 is 16.4 Å². The first-order valence-electron chi connectivity index (χ1n) is 8.50.